The predicted octanol–water partition coefficient (Wildman–Crippen LogP) is 5.88. The number of fused-ring (bicyclic) bond motifs is 1. The number of rotatable bonds is 5. The monoisotopic (exact) mass is 389 g/mol. The molecule has 4 aromatic rings. The number of hydrogen-bond acceptors (Lipinski definition) is 4. The lowest BCUT2D eigenvalue weighted by Crippen LogP contribution is -2.04. The Hall–Kier alpha value is -3.60. The third kappa shape index (κ3) is 4.14. The van der Waals surface area contributed by atoms with Crippen LogP contribution in [0.1, 0.15) is 6.92 Å². The van der Waals surface area contributed by atoms with E-state index in [4.69, 9.17) is 18.9 Å². The van der Waals surface area contributed by atoms with E-state index < -0.39 is 0 Å². The average Bonchev–Trinajstić information content (AvgIpc) is 2.76. The lowest BCUT2D eigenvalue weighted by Gasteiger charge is -2.08. The molecule has 29 heavy (non-hydrogen) atoms. The summed E-state index contributed by atoms with van der Waals surface area (Å²) in [6.45, 7) is 2.50. The third-order valence-electron chi connectivity index (χ3n) is 4.48. The molecule has 0 aliphatic carbocycles. The van der Waals surface area contributed by atoms with Crippen molar-refractivity contribution in [2.75, 3.05) is 13.7 Å². The van der Waals surface area contributed by atoms with Crippen molar-refractivity contribution in [1.29, 1.82) is 0 Å². The fourth-order valence-electron chi connectivity index (χ4n) is 3.05. The lowest BCUT2D eigenvalue weighted by molar-refractivity contribution is 0.340. The predicted molar refractivity (Wildman–Crippen MR) is 111 cm³/mol. The third-order valence-corrected chi connectivity index (χ3v) is 4.48. The molecule has 0 saturated heterocycles. The highest BCUT2D eigenvalue weighted by atomic mass is 19.1. The molecule has 0 unspecified atom stereocenters. The minimum Gasteiger partial charge on any atom is -0.497 e. The van der Waals surface area contributed by atoms with Gasteiger partial charge in [-0.2, -0.15) is 0 Å². The van der Waals surface area contributed by atoms with E-state index in [9.17, 15) is 4.39 Å². The molecule has 5 heteroatoms. The molecule has 0 N–H and O–H groups in total. The van der Waals surface area contributed by atoms with Crippen molar-refractivity contribution in [2.45, 2.75) is 6.92 Å². The summed E-state index contributed by atoms with van der Waals surface area (Å²) >= 11 is 0. The standard InChI is InChI=1S/C24H20FNO3/c1-3-28-20-12-13-23-21(14-20)22(26-18-8-6-17(25)7-9-18)15-24(29-23)16-4-10-19(27-2)11-5-16/h4-15H,3H2,1-2H3. The summed E-state index contributed by atoms with van der Waals surface area (Å²) in [6, 6.07) is 21.2. The number of methoxy groups -OCH3 is 1. The molecular formula is C24H20FNO3. The van der Waals surface area contributed by atoms with Gasteiger partial charge in [0.15, 0.2) is 0 Å². The van der Waals surface area contributed by atoms with Crippen LogP contribution in [0.15, 0.2) is 82.2 Å². The Morgan fingerprint density at radius 2 is 1.62 bits per heavy atom. The average molecular weight is 389 g/mol. The van der Waals surface area contributed by atoms with Crippen molar-refractivity contribution in [2.24, 2.45) is 4.99 Å². The Bertz CT molecular complexity index is 1200. The van der Waals surface area contributed by atoms with Crippen molar-refractivity contribution < 1.29 is 18.3 Å². The molecule has 0 aliphatic rings. The lowest BCUT2D eigenvalue weighted by atomic mass is 10.1. The minimum absolute atomic E-state index is 0.297. The van der Waals surface area contributed by atoms with E-state index in [2.05, 4.69) is 0 Å². The summed E-state index contributed by atoms with van der Waals surface area (Å²) in [4.78, 5) is 4.72. The van der Waals surface area contributed by atoms with Crippen LogP contribution >= 0.6 is 0 Å². The largest absolute Gasteiger partial charge is 0.497 e. The Balaban J connectivity index is 1.92. The van der Waals surface area contributed by atoms with Gasteiger partial charge in [-0.05, 0) is 73.7 Å². The van der Waals surface area contributed by atoms with E-state index >= 15 is 0 Å². The van der Waals surface area contributed by atoms with Crippen molar-refractivity contribution in [1.82, 2.24) is 0 Å². The van der Waals surface area contributed by atoms with Gasteiger partial charge in [0.1, 0.15) is 28.7 Å². The van der Waals surface area contributed by atoms with Gasteiger partial charge in [-0.1, -0.05) is 0 Å². The molecule has 0 fully saturated rings. The molecule has 1 aromatic heterocycles. The first kappa shape index (κ1) is 18.7. The van der Waals surface area contributed by atoms with Crippen LogP contribution in [0.3, 0.4) is 0 Å². The molecule has 0 radical (unpaired) electrons. The smallest absolute Gasteiger partial charge is 0.137 e. The summed E-state index contributed by atoms with van der Waals surface area (Å²) in [5, 5.41) is 1.53. The molecule has 4 rings (SSSR count). The van der Waals surface area contributed by atoms with Gasteiger partial charge in [0, 0.05) is 17.0 Å². The van der Waals surface area contributed by atoms with Gasteiger partial charge in [0.2, 0.25) is 0 Å². The van der Waals surface area contributed by atoms with Gasteiger partial charge in [0.25, 0.3) is 0 Å². The van der Waals surface area contributed by atoms with Crippen LogP contribution in [0, 0.1) is 5.82 Å². The van der Waals surface area contributed by atoms with E-state index in [1.807, 2.05) is 55.5 Å². The summed E-state index contributed by atoms with van der Waals surface area (Å²) in [5.41, 5.74) is 2.24. The Kier molecular flexibility index (Phi) is 5.29. The molecule has 0 bridgehead atoms. The summed E-state index contributed by atoms with van der Waals surface area (Å²) in [5.74, 6) is 1.88. The van der Waals surface area contributed by atoms with Gasteiger partial charge < -0.3 is 13.9 Å². The van der Waals surface area contributed by atoms with Crippen LogP contribution < -0.4 is 14.8 Å². The van der Waals surface area contributed by atoms with Crippen molar-refractivity contribution >= 4 is 16.7 Å². The van der Waals surface area contributed by atoms with Crippen molar-refractivity contribution in [3.8, 4) is 22.8 Å². The van der Waals surface area contributed by atoms with E-state index in [1.165, 1.54) is 12.1 Å². The molecule has 1 heterocycles. The minimum atomic E-state index is -0.297. The van der Waals surface area contributed by atoms with Crippen molar-refractivity contribution in [3.05, 3.63) is 84.0 Å². The number of hydrogen-bond donors (Lipinski definition) is 0. The second kappa shape index (κ2) is 8.19. The molecule has 0 spiro atoms. The SMILES string of the molecule is CCOc1ccc2oc(-c3ccc(OC)cc3)cc(=Nc3ccc(F)cc3)c2c1. The number of benzene rings is 3. The summed E-state index contributed by atoms with van der Waals surface area (Å²) in [7, 11) is 1.63. The maximum Gasteiger partial charge on any atom is 0.137 e. The topological polar surface area (TPSA) is 44.0 Å². The van der Waals surface area contributed by atoms with Gasteiger partial charge in [-0.15, -0.1) is 0 Å². The van der Waals surface area contributed by atoms with Gasteiger partial charge in [0.05, 0.1) is 24.8 Å². The second-order valence-corrected chi connectivity index (χ2v) is 6.40. The summed E-state index contributed by atoms with van der Waals surface area (Å²) in [6.07, 6.45) is 0. The first-order valence-corrected chi connectivity index (χ1v) is 9.31. The van der Waals surface area contributed by atoms with Crippen LogP contribution in [0.5, 0.6) is 11.5 Å². The fourth-order valence-corrected chi connectivity index (χ4v) is 3.05. The molecule has 0 amide bonds. The number of halogens is 1. The Morgan fingerprint density at radius 1 is 0.897 bits per heavy atom. The highest BCUT2D eigenvalue weighted by Crippen LogP contribution is 2.26. The van der Waals surface area contributed by atoms with Crippen LogP contribution in [-0.4, -0.2) is 13.7 Å². The normalized spacial score (nSPS) is 11.6. The molecular weight excluding hydrogens is 369 g/mol. The van der Waals surface area contributed by atoms with E-state index in [1.54, 1.807) is 19.2 Å². The van der Waals surface area contributed by atoms with Crippen LogP contribution in [-0.2, 0) is 0 Å². The molecule has 3 aromatic carbocycles. The van der Waals surface area contributed by atoms with E-state index in [-0.39, 0.29) is 5.82 Å². The zero-order chi connectivity index (χ0) is 20.2. The Labute approximate surface area is 167 Å². The fraction of sp³-hybridized carbons (Fsp3) is 0.125. The van der Waals surface area contributed by atoms with Gasteiger partial charge >= 0.3 is 0 Å². The first-order valence-electron chi connectivity index (χ1n) is 9.31. The number of nitrogens with zero attached hydrogens (tertiary/aromatic N) is 1. The van der Waals surface area contributed by atoms with Crippen LogP contribution in [0.4, 0.5) is 10.1 Å². The second-order valence-electron chi connectivity index (χ2n) is 6.40. The molecule has 0 saturated carbocycles. The van der Waals surface area contributed by atoms with Gasteiger partial charge in [-0.3, -0.25) is 0 Å². The maximum absolute atomic E-state index is 13.3. The zero-order valence-electron chi connectivity index (χ0n) is 16.2. The van der Waals surface area contributed by atoms with Crippen LogP contribution in [0.2, 0.25) is 0 Å². The van der Waals surface area contributed by atoms with Gasteiger partial charge in [-0.25, -0.2) is 9.38 Å². The number of ether oxygens (including phenoxy) is 2. The molecule has 0 atom stereocenters. The molecule has 4 nitrogen and oxygen atoms in total. The Morgan fingerprint density at radius 3 is 2.31 bits per heavy atom. The zero-order valence-corrected chi connectivity index (χ0v) is 16.2. The molecule has 146 valence electrons. The highest BCUT2D eigenvalue weighted by Gasteiger charge is 2.08. The van der Waals surface area contributed by atoms with E-state index in [0.29, 0.717) is 29.0 Å². The molecule has 0 aliphatic heterocycles. The highest BCUT2D eigenvalue weighted by molar-refractivity contribution is 5.80. The van der Waals surface area contributed by atoms with E-state index in [0.717, 1.165) is 22.4 Å². The quantitative estimate of drug-likeness (QED) is 0.428. The first-order chi connectivity index (χ1) is 14.2. The maximum atomic E-state index is 13.3. The van der Waals surface area contributed by atoms with Crippen molar-refractivity contribution in [3.63, 3.8) is 0 Å². The summed E-state index contributed by atoms with van der Waals surface area (Å²) < 4.78 is 30.3. The van der Waals surface area contributed by atoms with Crippen LogP contribution in [0.25, 0.3) is 22.3 Å².